The Bertz CT molecular complexity index is 1150. The minimum atomic E-state index is -0.255. The van der Waals surface area contributed by atoms with Gasteiger partial charge in [0.05, 0.1) is 10.4 Å². The maximum absolute atomic E-state index is 12.6. The van der Waals surface area contributed by atoms with E-state index < -0.39 is 0 Å². The van der Waals surface area contributed by atoms with Crippen molar-refractivity contribution in [3.05, 3.63) is 70.4 Å². The van der Waals surface area contributed by atoms with Gasteiger partial charge in [-0.25, -0.2) is 4.68 Å². The van der Waals surface area contributed by atoms with Crippen LogP contribution in [0.1, 0.15) is 27.0 Å². The van der Waals surface area contributed by atoms with Crippen LogP contribution in [0.5, 0.6) is 0 Å². The zero-order valence-corrected chi connectivity index (χ0v) is 15.9. The Morgan fingerprint density at radius 2 is 1.79 bits per heavy atom. The second-order valence-electron chi connectivity index (χ2n) is 6.08. The molecule has 0 saturated carbocycles. The molecule has 0 bridgehead atoms. The lowest BCUT2D eigenvalue weighted by atomic mass is 10.1. The van der Waals surface area contributed by atoms with Gasteiger partial charge in [-0.1, -0.05) is 17.3 Å². The third-order valence-electron chi connectivity index (χ3n) is 4.20. The molecule has 0 saturated heterocycles. The van der Waals surface area contributed by atoms with Gasteiger partial charge in [-0.2, -0.15) is 0 Å². The molecule has 2 amide bonds. The molecule has 7 nitrogen and oxygen atoms in total. The number of thiophene rings is 1. The van der Waals surface area contributed by atoms with Crippen molar-refractivity contribution < 1.29 is 9.59 Å². The van der Waals surface area contributed by atoms with Crippen LogP contribution in [0.3, 0.4) is 0 Å². The van der Waals surface area contributed by atoms with Crippen molar-refractivity contribution in [2.45, 2.75) is 13.5 Å². The van der Waals surface area contributed by atoms with Crippen LogP contribution in [0.4, 0.5) is 11.4 Å². The molecule has 0 aliphatic rings. The van der Waals surface area contributed by atoms with Crippen LogP contribution in [-0.2, 0) is 6.54 Å². The van der Waals surface area contributed by atoms with Crippen molar-refractivity contribution in [3.8, 4) is 0 Å². The molecule has 0 aliphatic heterocycles. The van der Waals surface area contributed by atoms with Crippen LogP contribution in [0, 0.1) is 0 Å². The Morgan fingerprint density at radius 1 is 1.00 bits per heavy atom. The van der Waals surface area contributed by atoms with Gasteiger partial charge in [0.25, 0.3) is 11.8 Å². The molecule has 140 valence electrons. The van der Waals surface area contributed by atoms with Gasteiger partial charge >= 0.3 is 0 Å². The summed E-state index contributed by atoms with van der Waals surface area (Å²) in [5.41, 5.74) is 3.25. The van der Waals surface area contributed by atoms with E-state index in [1.54, 1.807) is 47.1 Å². The van der Waals surface area contributed by atoms with E-state index >= 15 is 0 Å². The predicted molar refractivity (Wildman–Crippen MR) is 110 cm³/mol. The number of nitrogens with one attached hydrogen (secondary N) is 2. The standard InChI is InChI=1S/C20H17N5O2S/c1-2-25-17-9-8-13(11-16(17)23-24-25)19(26)21-14-5-3-6-15(12-14)22-20(27)18-7-4-10-28-18/h3-12H,2H2,1H3,(H,21,26)(H,22,27). The van der Waals surface area contributed by atoms with Gasteiger partial charge in [0.2, 0.25) is 0 Å². The van der Waals surface area contributed by atoms with Gasteiger partial charge in [0, 0.05) is 23.5 Å². The number of hydrogen-bond donors (Lipinski definition) is 2. The lowest BCUT2D eigenvalue weighted by molar-refractivity contribution is 0.102. The first kappa shape index (κ1) is 17.9. The highest BCUT2D eigenvalue weighted by Crippen LogP contribution is 2.19. The van der Waals surface area contributed by atoms with E-state index in [-0.39, 0.29) is 11.8 Å². The van der Waals surface area contributed by atoms with Crippen LogP contribution in [0.2, 0.25) is 0 Å². The predicted octanol–water partition coefficient (Wildman–Crippen LogP) is 4.02. The summed E-state index contributed by atoms with van der Waals surface area (Å²) in [6, 6.07) is 15.9. The topological polar surface area (TPSA) is 88.9 Å². The third-order valence-corrected chi connectivity index (χ3v) is 5.07. The molecule has 2 N–H and O–H groups in total. The molecule has 0 aliphatic carbocycles. The number of rotatable bonds is 5. The number of hydrogen-bond acceptors (Lipinski definition) is 5. The first-order valence-electron chi connectivity index (χ1n) is 8.73. The molecular weight excluding hydrogens is 374 g/mol. The summed E-state index contributed by atoms with van der Waals surface area (Å²) in [6.45, 7) is 2.70. The summed E-state index contributed by atoms with van der Waals surface area (Å²) >= 11 is 1.37. The number of aryl methyl sites for hydroxylation is 1. The maximum atomic E-state index is 12.6. The SMILES string of the molecule is CCn1nnc2cc(C(=O)Nc3cccc(NC(=O)c4cccs4)c3)ccc21. The summed E-state index contributed by atoms with van der Waals surface area (Å²) in [7, 11) is 0. The molecule has 2 aromatic heterocycles. The highest BCUT2D eigenvalue weighted by atomic mass is 32.1. The summed E-state index contributed by atoms with van der Waals surface area (Å²) in [6.07, 6.45) is 0. The molecular formula is C20H17N5O2S. The van der Waals surface area contributed by atoms with Crippen LogP contribution in [-0.4, -0.2) is 26.8 Å². The molecule has 0 unspecified atom stereocenters. The average Bonchev–Trinajstić information content (AvgIpc) is 3.37. The fourth-order valence-corrected chi connectivity index (χ4v) is 3.44. The van der Waals surface area contributed by atoms with Gasteiger partial charge < -0.3 is 10.6 Å². The monoisotopic (exact) mass is 391 g/mol. The number of amides is 2. The number of benzene rings is 2. The minimum Gasteiger partial charge on any atom is -0.322 e. The zero-order chi connectivity index (χ0) is 19.5. The van der Waals surface area contributed by atoms with Crippen molar-refractivity contribution in [1.82, 2.24) is 15.0 Å². The van der Waals surface area contributed by atoms with Gasteiger partial charge in [0.15, 0.2) is 0 Å². The Kier molecular flexibility index (Phi) is 4.86. The molecule has 2 heterocycles. The van der Waals surface area contributed by atoms with E-state index in [0.29, 0.717) is 33.9 Å². The van der Waals surface area contributed by atoms with Gasteiger partial charge in [-0.3, -0.25) is 9.59 Å². The molecule has 0 fully saturated rings. The van der Waals surface area contributed by atoms with E-state index in [1.807, 2.05) is 24.4 Å². The quantitative estimate of drug-likeness (QED) is 0.538. The molecule has 28 heavy (non-hydrogen) atoms. The second kappa shape index (κ2) is 7.61. The molecule has 2 aromatic carbocycles. The van der Waals surface area contributed by atoms with Crippen LogP contribution >= 0.6 is 11.3 Å². The normalized spacial score (nSPS) is 10.8. The summed E-state index contributed by atoms with van der Waals surface area (Å²) in [5, 5.41) is 15.7. The molecule has 0 radical (unpaired) electrons. The van der Waals surface area contributed by atoms with Crippen LogP contribution in [0.15, 0.2) is 60.0 Å². The van der Waals surface area contributed by atoms with E-state index in [0.717, 1.165) is 5.52 Å². The van der Waals surface area contributed by atoms with Crippen molar-refractivity contribution >= 4 is 45.6 Å². The van der Waals surface area contributed by atoms with Gasteiger partial charge in [-0.15, -0.1) is 16.4 Å². The largest absolute Gasteiger partial charge is 0.322 e. The van der Waals surface area contributed by atoms with E-state index in [4.69, 9.17) is 0 Å². The Hall–Kier alpha value is -3.52. The Labute approximate surface area is 165 Å². The van der Waals surface area contributed by atoms with E-state index in [9.17, 15) is 9.59 Å². The smallest absolute Gasteiger partial charge is 0.265 e. The Balaban J connectivity index is 1.49. The fourth-order valence-electron chi connectivity index (χ4n) is 2.83. The molecule has 8 heteroatoms. The van der Waals surface area contributed by atoms with Crippen molar-refractivity contribution in [3.63, 3.8) is 0 Å². The first-order valence-corrected chi connectivity index (χ1v) is 9.61. The number of nitrogens with zero attached hydrogens (tertiary/aromatic N) is 3. The number of carbonyl (C=O) groups is 2. The zero-order valence-electron chi connectivity index (χ0n) is 15.0. The number of aromatic nitrogens is 3. The van der Waals surface area contributed by atoms with E-state index in [2.05, 4.69) is 20.9 Å². The van der Waals surface area contributed by atoms with E-state index in [1.165, 1.54) is 11.3 Å². The number of carbonyl (C=O) groups excluding carboxylic acids is 2. The molecule has 4 aromatic rings. The third kappa shape index (κ3) is 3.63. The molecule has 4 rings (SSSR count). The molecule has 0 atom stereocenters. The average molecular weight is 391 g/mol. The second-order valence-corrected chi connectivity index (χ2v) is 7.02. The lowest BCUT2D eigenvalue weighted by Gasteiger charge is -2.08. The number of fused-ring (bicyclic) bond motifs is 1. The first-order chi connectivity index (χ1) is 13.6. The summed E-state index contributed by atoms with van der Waals surface area (Å²) in [5.74, 6) is -0.433. The van der Waals surface area contributed by atoms with Gasteiger partial charge in [-0.05, 0) is 54.8 Å². The Morgan fingerprint density at radius 3 is 2.50 bits per heavy atom. The fraction of sp³-hybridized carbons (Fsp3) is 0.100. The number of anilines is 2. The molecule has 0 spiro atoms. The van der Waals surface area contributed by atoms with Crippen molar-refractivity contribution in [2.75, 3.05) is 10.6 Å². The highest BCUT2D eigenvalue weighted by molar-refractivity contribution is 7.12. The van der Waals surface area contributed by atoms with Crippen LogP contribution in [0.25, 0.3) is 11.0 Å². The summed E-state index contributed by atoms with van der Waals surface area (Å²) in [4.78, 5) is 25.4. The highest BCUT2D eigenvalue weighted by Gasteiger charge is 2.11. The summed E-state index contributed by atoms with van der Waals surface area (Å²) < 4.78 is 1.77. The van der Waals surface area contributed by atoms with Crippen molar-refractivity contribution in [1.29, 1.82) is 0 Å². The van der Waals surface area contributed by atoms with Crippen molar-refractivity contribution in [2.24, 2.45) is 0 Å². The van der Waals surface area contributed by atoms with Gasteiger partial charge in [0.1, 0.15) is 5.52 Å². The maximum Gasteiger partial charge on any atom is 0.265 e. The lowest BCUT2D eigenvalue weighted by Crippen LogP contribution is -2.13. The van der Waals surface area contributed by atoms with Crippen LogP contribution < -0.4 is 10.6 Å². The minimum absolute atomic E-state index is 0.178.